The average Bonchev–Trinajstić information content (AvgIpc) is 2.81. The van der Waals surface area contributed by atoms with Gasteiger partial charge in [-0.1, -0.05) is 50.1 Å². The van der Waals surface area contributed by atoms with Crippen molar-refractivity contribution in [2.45, 2.75) is 12.8 Å². The van der Waals surface area contributed by atoms with Crippen LogP contribution in [-0.2, 0) is 0 Å². The highest BCUT2D eigenvalue weighted by molar-refractivity contribution is 9.09. The molecule has 4 nitrogen and oxygen atoms in total. The Morgan fingerprint density at radius 1 is 1.25 bits per heavy atom. The third-order valence-corrected chi connectivity index (χ3v) is 3.32. The fourth-order valence-corrected chi connectivity index (χ4v) is 1.84. The predicted octanol–water partition coefficient (Wildman–Crippen LogP) is 2.61. The van der Waals surface area contributed by atoms with Crippen LogP contribution < -0.4 is 16.8 Å². The Labute approximate surface area is 164 Å². The number of hydrogen-bond donors (Lipinski definition) is 3. The Bertz CT molecular complexity index is 425. The van der Waals surface area contributed by atoms with E-state index in [2.05, 4.69) is 60.4 Å². The van der Waals surface area contributed by atoms with Crippen molar-refractivity contribution in [3.8, 4) is 0 Å². The van der Waals surface area contributed by atoms with Crippen LogP contribution in [0.5, 0.6) is 0 Å². The van der Waals surface area contributed by atoms with Gasteiger partial charge in [-0.25, -0.2) is 0 Å². The monoisotopic (exact) mass is 463 g/mol. The molecule has 0 spiro atoms. The molecule has 0 aromatic rings. The van der Waals surface area contributed by atoms with Crippen LogP contribution in [0, 0.1) is 0 Å². The van der Waals surface area contributed by atoms with E-state index >= 15 is 0 Å². The van der Waals surface area contributed by atoms with Crippen LogP contribution >= 0.6 is 31.9 Å². The maximum atomic E-state index is 5.64. The maximum absolute atomic E-state index is 5.64. The van der Waals surface area contributed by atoms with Crippen molar-refractivity contribution in [1.29, 1.82) is 0 Å². The van der Waals surface area contributed by atoms with Gasteiger partial charge in [-0.3, -0.25) is 0 Å². The first-order valence-corrected chi connectivity index (χ1v) is 10.6. The number of hydrogen-bond acceptors (Lipinski definition) is 3. The molecule has 1 aliphatic carbocycles. The van der Waals surface area contributed by atoms with Crippen molar-refractivity contribution in [2.24, 2.45) is 11.5 Å². The van der Waals surface area contributed by atoms with Gasteiger partial charge in [-0.05, 0) is 30.1 Å². The molecule has 0 atom stereocenters. The Morgan fingerprint density at radius 2 is 1.96 bits per heavy atom. The normalized spacial score (nSPS) is 13.4. The van der Waals surface area contributed by atoms with Crippen LogP contribution in [0.1, 0.15) is 12.8 Å². The molecule has 0 aromatic carbocycles. The Hall–Kier alpha value is -0.820. The summed E-state index contributed by atoms with van der Waals surface area (Å²) >= 11 is 6.31. The van der Waals surface area contributed by atoms with Crippen LogP contribution in [0.15, 0.2) is 60.1 Å². The fourth-order valence-electron chi connectivity index (χ4n) is 1.52. The van der Waals surface area contributed by atoms with Crippen molar-refractivity contribution in [3.05, 3.63) is 60.1 Å². The van der Waals surface area contributed by atoms with Gasteiger partial charge < -0.3 is 21.7 Å². The van der Waals surface area contributed by atoms with Gasteiger partial charge in [0.2, 0.25) is 0 Å². The van der Waals surface area contributed by atoms with E-state index in [4.69, 9.17) is 11.5 Å². The number of halogens is 2. The lowest BCUT2D eigenvalue weighted by molar-refractivity contribution is -0.587. The fraction of sp³-hybridized carbons (Fsp3) is 0.444. The first kappa shape index (κ1) is 25.4. The van der Waals surface area contributed by atoms with Gasteiger partial charge in [0.25, 0.3) is 0 Å². The van der Waals surface area contributed by atoms with Crippen molar-refractivity contribution < 1.29 is 5.32 Å². The summed E-state index contributed by atoms with van der Waals surface area (Å²) in [4.78, 5) is 2.06. The van der Waals surface area contributed by atoms with Gasteiger partial charge in [0.05, 0.1) is 12.7 Å². The SMILES string of the molecule is CBr.CN(C)C1=CC=C(N)CC=C1.NC/C=C\C=C/[NH2+]CCCBr. The highest BCUT2D eigenvalue weighted by Crippen LogP contribution is 2.08. The zero-order valence-corrected chi connectivity index (χ0v) is 18.3. The van der Waals surface area contributed by atoms with Crippen molar-refractivity contribution in [2.75, 3.05) is 38.3 Å². The second-order valence-electron chi connectivity index (χ2n) is 4.95. The van der Waals surface area contributed by atoms with Gasteiger partial charge in [-0.2, -0.15) is 0 Å². The molecule has 6 N–H and O–H groups in total. The van der Waals surface area contributed by atoms with E-state index in [-0.39, 0.29) is 0 Å². The quantitative estimate of drug-likeness (QED) is 0.308. The van der Waals surface area contributed by atoms with Crippen LogP contribution in [0.25, 0.3) is 0 Å². The van der Waals surface area contributed by atoms with Crippen LogP contribution in [0.3, 0.4) is 0 Å². The van der Waals surface area contributed by atoms with E-state index in [1.54, 1.807) is 0 Å². The lowest BCUT2D eigenvalue weighted by atomic mass is 10.3. The molecule has 1 aliphatic rings. The number of likely N-dealkylation sites (N-methyl/N-ethyl adjacent to an activating group) is 1. The number of nitrogens with two attached hydrogens (primary N) is 3. The third-order valence-electron chi connectivity index (χ3n) is 2.76. The van der Waals surface area contributed by atoms with E-state index in [0.717, 1.165) is 24.0 Å². The van der Waals surface area contributed by atoms with E-state index in [1.165, 1.54) is 12.1 Å². The highest BCUT2D eigenvalue weighted by atomic mass is 79.9. The van der Waals surface area contributed by atoms with Crippen molar-refractivity contribution in [3.63, 3.8) is 0 Å². The van der Waals surface area contributed by atoms with Crippen LogP contribution in [0.4, 0.5) is 0 Å². The van der Waals surface area contributed by atoms with Crippen LogP contribution in [0.2, 0.25) is 0 Å². The summed E-state index contributed by atoms with van der Waals surface area (Å²) in [5.41, 5.74) is 13.0. The molecule has 0 heterocycles. The minimum atomic E-state index is 0.617. The summed E-state index contributed by atoms with van der Waals surface area (Å²) < 4.78 is 0. The molecule has 0 saturated carbocycles. The minimum Gasteiger partial charge on any atom is -0.402 e. The van der Waals surface area contributed by atoms with E-state index in [0.29, 0.717) is 6.54 Å². The molecule has 0 amide bonds. The summed E-state index contributed by atoms with van der Waals surface area (Å²) in [5.74, 6) is 1.81. The third kappa shape index (κ3) is 17.5. The van der Waals surface area contributed by atoms with Gasteiger partial charge in [0, 0.05) is 50.2 Å². The molecular weight excluding hydrogens is 432 g/mol. The number of nitrogens with zero attached hydrogens (tertiary/aromatic N) is 1. The first-order chi connectivity index (χ1) is 11.6. The molecule has 0 unspecified atom stereocenters. The summed E-state index contributed by atoms with van der Waals surface area (Å²) in [7, 11) is 4.04. The topological polar surface area (TPSA) is 71.9 Å². The largest absolute Gasteiger partial charge is 0.402 e. The number of rotatable bonds is 7. The summed E-state index contributed by atoms with van der Waals surface area (Å²) in [6, 6.07) is 0. The predicted molar refractivity (Wildman–Crippen MR) is 115 cm³/mol. The second-order valence-corrected chi connectivity index (χ2v) is 5.74. The van der Waals surface area contributed by atoms with Crippen LogP contribution in [-0.4, -0.2) is 43.2 Å². The Morgan fingerprint density at radius 3 is 2.54 bits per heavy atom. The van der Waals surface area contributed by atoms with Gasteiger partial charge >= 0.3 is 0 Å². The lowest BCUT2D eigenvalue weighted by Crippen LogP contribution is -2.78. The molecular formula is C18H33Br2N4+. The highest BCUT2D eigenvalue weighted by Gasteiger charge is 1.96. The standard InChI is InChI=1S/C9H14N2.C8H15BrN2.CH3Br/c1-11(2)9-5-3-4-8(10)6-7-9;9-5-4-8-11-7-3-1-2-6-10;1-2/h3,5-7H,4,10H2,1-2H3;1-3,7,11H,4-6,8,10H2;1H3/p+1/b;2-1-,7-3-;. The first-order valence-electron chi connectivity index (χ1n) is 7.90. The Kier molecular flexibility index (Phi) is 21.4. The van der Waals surface area contributed by atoms with E-state index in [1.807, 2.05) is 50.3 Å². The molecule has 24 heavy (non-hydrogen) atoms. The van der Waals surface area contributed by atoms with Gasteiger partial charge in [0.15, 0.2) is 0 Å². The number of alkyl halides is 2. The summed E-state index contributed by atoms with van der Waals surface area (Å²) in [5, 5.41) is 3.23. The number of allylic oxidation sites excluding steroid dienone is 6. The zero-order chi connectivity index (χ0) is 18.6. The van der Waals surface area contributed by atoms with E-state index < -0.39 is 0 Å². The summed E-state index contributed by atoms with van der Waals surface area (Å²) in [6.07, 6.45) is 18.1. The molecule has 138 valence electrons. The van der Waals surface area contributed by atoms with Gasteiger partial charge in [0.1, 0.15) is 0 Å². The zero-order valence-electron chi connectivity index (χ0n) is 15.1. The molecule has 0 aliphatic heterocycles. The molecule has 0 saturated heterocycles. The smallest absolute Gasteiger partial charge is 0.0925 e. The summed E-state index contributed by atoms with van der Waals surface area (Å²) in [6.45, 7) is 1.75. The molecule has 0 radical (unpaired) electrons. The molecule has 0 bridgehead atoms. The average molecular weight is 465 g/mol. The second kappa shape index (κ2) is 20.2. The molecule has 6 heteroatoms. The lowest BCUT2D eigenvalue weighted by Gasteiger charge is -2.11. The van der Waals surface area contributed by atoms with Gasteiger partial charge in [-0.15, -0.1) is 0 Å². The number of quaternary nitrogens is 1. The van der Waals surface area contributed by atoms with E-state index in [9.17, 15) is 0 Å². The van der Waals surface area contributed by atoms with Crippen molar-refractivity contribution >= 4 is 31.9 Å². The van der Waals surface area contributed by atoms with Crippen molar-refractivity contribution in [1.82, 2.24) is 4.90 Å². The molecule has 0 aromatic heterocycles. The minimum absolute atomic E-state index is 0.617. The maximum Gasteiger partial charge on any atom is 0.0925 e. The molecule has 0 fully saturated rings. The Balaban J connectivity index is 0. The molecule has 1 rings (SSSR count).